The first-order valence-electron chi connectivity index (χ1n) is 13.0. The Morgan fingerprint density at radius 1 is 0.927 bits per heavy atom. The lowest BCUT2D eigenvalue weighted by molar-refractivity contribution is -0.141. The fourth-order valence-electron chi connectivity index (χ4n) is 4.19. The van der Waals surface area contributed by atoms with Crippen molar-refractivity contribution in [3.05, 3.63) is 92.9 Å². The molecule has 0 saturated carbocycles. The van der Waals surface area contributed by atoms with Gasteiger partial charge in [-0.1, -0.05) is 77.6 Å². The number of benzene rings is 3. The zero-order chi connectivity index (χ0) is 30.5. The predicted molar refractivity (Wildman–Crippen MR) is 166 cm³/mol. The van der Waals surface area contributed by atoms with Crippen LogP contribution in [0.2, 0.25) is 15.1 Å². The minimum absolute atomic E-state index is 0.0144. The molecule has 0 fully saturated rings. The van der Waals surface area contributed by atoms with Gasteiger partial charge in [0.15, 0.2) is 0 Å². The maximum atomic E-state index is 14.1. The number of rotatable bonds is 10. The van der Waals surface area contributed by atoms with Gasteiger partial charge in [-0.15, -0.1) is 0 Å². The van der Waals surface area contributed by atoms with Gasteiger partial charge in [0.05, 0.1) is 20.6 Å². The first-order valence-corrected chi connectivity index (χ1v) is 15.6. The number of hydrogen-bond acceptors (Lipinski definition) is 4. The summed E-state index contributed by atoms with van der Waals surface area (Å²) in [4.78, 5) is 28.9. The molecule has 11 heteroatoms. The normalized spacial score (nSPS) is 12.5. The summed E-state index contributed by atoms with van der Waals surface area (Å²) in [6.45, 7) is 8.61. The SMILES string of the molecule is CC[C@@H](C(=O)NC(C)(C)C)N(Cc1ccc(Cl)cc1)C(=O)CN(c1cccc(Cl)c1Cl)S(=O)(=O)c1ccc(C)cc1. The Bertz CT molecular complexity index is 1490. The molecule has 0 unspecified atom stereocenters. The standard InChI is InChI=1S/C30H34Cl3N3O4S/c1-6-25(29(38)34-30(3,4)5)35(18-21-12-14-22(31)15-13-21)27(37)19-36(26-9-7-8-24(32)28(26)33)41(39,40)23-16-10-20(2)11-17-23/h7-17,25H,6,18-19H2,1-5H3,(H,34,38)/t25-/m0/s1. The number of amides is 2. The third-order valence-electron chi connectivity index (χ3n) is 6.24. The molecular formula is C30H34Cl3N3O4S. The van der Waals surface area contributed by atoms with Crippen molar-refractivity contribution in [3.8, 4) is 0 Å². The average Bonchev–Trinajstić information content (AvgIpc) is 2.89. The Kier molecular flexibility index (Phi) is 10.7. The number of aryl methyl sites for hydroxylation is 1. The van der Waals surface area contributed by atoms with Crippen molar-refractivity contribution < 1.29 is 18.0 Å². The summed E-state index contributed by atoms with van der Waals surface area (Å²) in [7, 11) is -4.27. The zero-order valence-electron chi connectivity index (χ0n) is 23.6. The Balaban J connectivity index is 2.11. The molecule has 0 aromatic heterocycles. The van der Waals surface area contributed by atoms with Crippen LogP contribution in [0.5, 0.6) is 0 Å². The van der Waals surface area contributed by atoms with Crippen molar-refractivity contribution in [2.24, 2.45) is 0 Å². The summed E-state index contributed by atoms with van der Waals surface area (Å²) in [5.41, 5.74) is 1.09. The molecule has 3 aromatic rings. The molecule has 0 aliphatic heterocycles. The maximum Gasteiger partial charge on any atom is 0.264 e. The minimum Gasteiger partial charge on any atom is -0.350 e. The highest BCUT2D eigenvalue weighted by atomic mass is 35.5. The van der Waals surface area contributed by atoms with E-state index < -0.39 is 34.1 Å². The predicted octanol–water partition coefficient (Wildman–Crippen LogP) is 6.87. The summed E-state index contributed by atoms with van der Waals surface area (Å²) in [6, 6.07) is 16.9. The maximum absolute atomic E-state index is 14.1. The molecule has 1 N–H and O–H groups in total. The number of carbonyl (C=O) groups excluding carboxylic acids is 2. The van der Waals surface area contributed by atoms with E-state index in [-0.39, 0.29) is 33.1 Å². The molecule has 3 rings (SSSR count). The van der Waals surface area contributed by atoms with Gasteiger partial charge in [0.25, 0.3) is 10.0 Å². The highest BCUT2D eigenvalue weighted by molar-refractivity contribution is 7.92. The summed E-state index contributed by atoms with van der Waals surface area (Å²) < 4.78 is 28.9. The Hall–Kier alpha value is -2.78. The number of sulfonamides is 1. The first kappa shape index (κ1) is 32.7. The fraction of sp³-hybridized carbons (Fsp3) is 0.333. The molecule has 0 radical (unpaired) electrons. The Labute approximate surface area is 257 Å². The van der Waals surface area contributed by atoms with Gasteiger partial charge in [-0.3, -0.25) is 13.9 Å². The molecular weight excluding hydrogens is 605 g/mol. The van der Waals surface area contributed by atoms with Crippen molar-refractivity contribution in [1.82, 2.24) is 10.2 Å². The Morgan fingerprint density at radius 3 is 2.10 bits per heavy atom. The van der Waals surface area contributed by atoms with Crippen LogP contribution in [-0.4, -0.2) is 43.3 Å². The monoisotopic (exact) mass is 637 g/mol. The second-order valence-corrected chi connectivity index (χ2v) is 13.8. The van der Waals surface area contributed by atoms with Crippen LogP contribution < -0.4 is 9.62 Å². The lowest BCUT2D eigenvalue weighted by atomic mass is 10.1. The summed E-state index contributed by atoms with van der Waals surface area (Å²) in [5.74, 6) is -0.946. The molecule has 3 aromatic carbocycles. The average molecular weight is 639 g/mol. The third kappa shape index (κ3) is 8.38. The summed E-state index contributed by atoms with van der Waals surface area (Å²) in [6.07, 6.45) is 0.296. The van der Waals surface area contributed by atoms with E-state index in [1.807, 2.05) is 27.7 Å². The van der Waals surface area contributed by atoms with E-state index in [4.69, 9.17) is 34.8 Å². The number of nitrogens with one attached hydrogen (secondary N) is 1. The van der Waals surface area contributed by atoms with E-state index >= 15 is 0 Å². The van der Waals surface area contributed by atoms with E-state index in [0.717, 1.165) is 15.4 Å². The zero-order valence-corrected chi connectivity index (χ0v) is 26.7. The smallest absolute Gasteiger partial charge is 0.264 e. The first-order chi connectivity index (χ1) is 19.1. The van der Waals surface area contributed by atoms with Gasteiger partial charge in [0.1, 0.15) is 12.6 Å². The largest absolute Gasteiger partial charge is 0.350 e. The topological polar surface area (TPSA) is 86.8 Å². The molecule has 41 heavy (non-hydrogen) atoms. The van der Waals surface area contributed by atoms with Crippen LogP contribution in [0.4, 0.5) is 5.69 Å². The highest BCUT2D eigenvalue weighted by Crippen LogP contribution is 2.35. The molecule has 0 saturated heterocycles. The molecule has 0 spiro atoms. The number of carbonyl (C=O) groups is 2. The molecule has 1 atom stereocenters. The molecule has 0 heterocycles. The molecule has 0 aliphatic rings. The van der Waals surface area contributed by atoms with Gasteiger partial charge >= 0.3 is 0 Å². The van der Waals surface area contributed by atoms with E-state index in [1.165, 1.54) is 29.2 Å². The van der Waals surface area contributed by atoms with E-state index in [9.17, 15) is 18.0 Å². The molecule has 220 valence electrons. The number of halogens is 3. The second kappa shape index (κ2) is 13.5. The molecule has 0 bridgehead atoms. The lowest BCUT2D eigenvalue weighted by Crippen LogP contribution is -2.55. The molecule has 7 nitrogen and oxygen atoms in total. The van der Waals surface area contributed by atoms with Gasteiger partial charge < -0.3 is 10.2 Å². The van der Waals surface area contributed by atoms with Crippen molar-refractivity contribution >= 4 is 62.3 Å². The van der Waals surface area contributed by atoms with Crippen molar-refractivity contribution in [1.29, 1.82) is 0 Å². The van der Waals surface area contributed by atoms with Crippen LogP contribution in [0.1, 0.15) is 45.2 Å². The van der Waals surface area contributed by atoms with Crippen molar-refractivity contribution in [3.63, 3.8) is 0 Å². The number of nitrogens with zero attached hydrogens (tertiary/aromatic N) is 2. The minimum atomic E-state index is -4.27. The number of anilines is 1. The molecule has 0 aliphatic carbocycles. The lowest BCUT2D eigenvalue weighted by Gasteiger charge is -2.35. The van der Waals surface area contributed by atoms with Crippen LogP contribution >= 0.6 is 34.8 Å². The van der Waals surface area contributed by atoms with Gasteiger partial charge in [0.2, 0.25) is 11.8 Å². The highest BCUT2D eigenvalue weighted by Gasteiger charge is 2.35. The van der Waals surface area contributed by atoms with Crippen LogP contribution in [0, 0.1) is 6.92 Å². The van der Waals surface area contributed by atoms with Gasteiger partial charge in [-0.05, 0) is 76.1 Å². The van der Waals surface area contributed by atoms with Crippen molar-refractivity contribution in [2.75, 3.05) is 10.8 Å². The van der Waals surface area contributed by atoms with Crippen LogP contribution in [0.15, 0.2) is 71.6 Å². The van der Waals surface area contributed by atoms with Gasteiger partial charge in [0, 0.05) is 17.1 Å². The van der Waals surface area contributed by atoms with Crippen LogP contribution in [0.3, 0.4) is 0 Å². The summed E-state index contributed by atoms with van der Waals surface area (Å²) in [5, 5.41) is 3.58. The second-order valence-electron chi connectivity index (χ2n) is 10.7. The van der Waals surface area contributed by atoms with Gasteiger partial charge in [-0.25, -0.2) is 8.42 Å². The van der Waals surface area contributed by atoms with Crippen molar-refractivity contribution in [2.45, 2.75) is 64.1 Å². The van der Waals surface area contributed by atoms with E-state index in [1.54, 1.807) is 49.4 Å². The van der Waals surface area contributed by atoms with Gasteiger partial charge in [-0.2, -0.15) is 0 Å². The van der Waals surface area contributed by atoms with Crippen LogP contribution in [0.25, 0.3) is 0 Å². The van der Waals surface area contributed by atoms with E-state index in [0.29, 0.717) is 11.4 Å². The number of hydrogen-bond donors (Lipinski definition) is 1. The fourth-order valence-corrected chi connectivity index (χ4v) is 6.19. The quantitative estimate of drug-likeness (QED) is 0.263. The third-order valence-corrected chi connectivity index (χ3v) is 9.07. The summed E-state index contributed by atoms with van der Waals surface area (Å²) >= 11 is 18.8. The Morgan fingerprint density at radius 2 is 1.54 bits per heavy atom. The van der Waals surface area contributed by atoms with E-state index in [2.05, 4.69) is 5.32 Å². The van der Waals surface area contributed by atoms with Crippen LogP contribution in [-0.2, 0) is 26.2 Å². The molecule has 2 amide bonds.